The summed E-state index contributed by atoms with van der Waals surface area (Å²) >= 11 is 0. The van der Waals surface area contributed by atoms with Gasteiger partial charge in [-0.05, 0) is 24.1 Å². The zero-order chi connectivity index (χ0) is 14.5. The third-order valence-corrected chi connectivity index (χ3v) is 3.69. The van der Waals surface area contributed by atoms with Crippen LogP contribution in [0.3, 0.4) is 0 Å². The average Bonchev–Trinajstić information content (AvgIpc) is 2.48. The number of nitrogens with one attached hydrogen (secondary N) is 1. The molecule has 1 fully saturated rings. The first-order chi connectivity index (χ1) is 9.67. The van der Waals surface area contributed by atoms with Crippen LogP contribution in [0.2, 0.25) is 0 Å². The molecule has 2 unspecified atom stereocenters. The van der Waals surface area contributed by atoms with Crippen LogP contribution in [0.5, 0.6) is 0 Å². The monoisotopic (exact) mass is 316 g/mol. The Balaban J connectivity index is 0.00000220. The molecule has 1 amide bonds. The first kappa shape index (κ1) is 17.9. The summed E-state index contributed by atoms with van der Waals surface area (Å²) in [5, 5.41) is 3.26. The molecule has 2 atom stereocenters. The Kier molecular flexibility index (Phi) is 7.08. The molecule has 0 aromatic heterocycles. The number of carbonyl (C=O) groups is 1. The molecule has 2 rings (SSSR count). The standard InChI is InChI=1S/C15H21FN2O2.ClH/c1-3-14(20-2)15(19)18-8-7-17-10-13(18)11-5-4-6-12(16)9-11;/h4-6,9,13-14,17H,3,7-8,10H2,1-2H3;1H. The van der Waals surface area contributed by atoms with Crippen molar-refractivity contribution in [1.29, 1.82) is 0 Å². The number of rotatable bonds is 4. The number of halogens is 2. The van der Waals surface area contributed by atoms with E-state index in [-0.39, 0.29) is 30.2 Å². The third kappa shape index (κ3) is 4.15. The second-order valence-electron chi connectivity index (χ2n) is 4.94. The van der Waals surface area contributed by atoms with E-state index in [0.29, 0.717) is 19.5 Å². The van der Waals surface area contributed by atoms with Crippen molar-refractivity contribution in [3.8, 4) is 0 Å². The van der Waals surface area contributed by atoms with Crippen LogP contribution < -0.4 is 5.32 Å². The lowest BCUT2D eigenvalue weighted by Crippen LogP contribution is -2.51. The number of benzene rings is 1. The first-order valence-electron chi connectivity index (χ1n) is 6.96. The number of methoxy groups -OCH3 is 1. The Morgan fingerprint density at radius 3 is 2.95 bits per heavy atom. The highest BCUT2D eigenvalue weighted by Crippen LogP contribution is 2.24. The van der Waals surface area contributed by atoms with Crippen molar-refractivity contribution >= 4 is 18.3 Å². The largest absolute Gasteiger partial charge is 0.372 e. The van der Waals surface area contributed by atoms with Gasteiger partial charge < -0.3 is 15.0 Å². The summed E-state index contributed by atoms with van der Waals surface area (Å²) in [4.78, 5) is 14.3. The van der Waals surface area contributed by atoms with E-state index in [9.17, 15) is 9.18 Å². The quantitative estimate of drug-likeness (QED) is 0.925. The lowest BCUT2D eigenvalue weighted by molar-refractivity contribution is -0.145. The van der Waals surface area contributed by atoms with Gasteiger partial charge in [-0.3, -0.25) is 4.79 Å². The van der Waals surface area contributed by atoms with Gasteiger partial charge >= 0.3 is 0 Å². The third-order valence-electron chi connectivity index (χ3n) is 3.69. The van der Waals surface area contributed by atoms with Gasteiger partial charge in [0.2, 0.25) is 0 Å². The number of amides is 1. The van der Waals surface area contributed by atoms with Gasteiger partial charge in [-0.15, -0.1) is 12.4 Å². The minimum absolute atomic E-state index is 0. The van der Waals surface area contributed by atoms with Crippen molar-refractivity contribution in [2.75, 3.05) is 26.7 Å². The number of carbonyl (C=O) groups excluding carboxylic acids is 1. The van der Waals surface area contributed by atoms with Crippen molar-refractivity contribution in [2.24, 2.45) is 0 Å². The fourth-order valence-corrected chi connectivity index (χ4v) is 2.61. The normalized spacial score (nSPS) is 19.8. The molecule has 1 aliphatic heterocycles. The van der Waals surface area contributed by atoms with Crippen LogP contribution in [0.25, 0.3) is 0 Å². The van der Waals surface area contributed by atoms with Crippen molar-refractivity contribution < 1.29 is 13.9 Å². The summed E-state index contributed by atoms with van der Waals surface area (Å²) < 4.78 is 18.6. The van der Waals surface area contributed by atoms with Gasteiger partial charge in [-0.2, -0.15) is 0 Å². The highest BCUT2D eigenvalue weighted by atomic mass is 35.5. The molecule has 1 saturated heterocycles. The molecule has 1 aromatic rings. The minimum Gasteiger partial charge on any atom is -0.372 e. The molecule has 0 spiro atoms. The van der Waals surface area contributed by atoms with E-state index < -0.39 is 6.10 Å². The molecule has 1 aromatic carbocycles. The van der Waals surface area contributed by atoms with Gasteiger partial charge in [-0.1, -0.05) is 19.1 Å². The van der Waals surface area contributed by atoms with Gasteiger partial charge in [0.05, 0.1) is 6.04 Å². The highest BCUT2D eigenvalue weighted by Gasteiger charge is 2.31. The fraction of sp³-hybridized carbons (Fsp3) is 0.533. The Morgan fingerprint density at radius 2 is 2.33 bits per heavy atom. The van der Waals surface area contributed by atoms with Crippen LogP contribution in [0.4, 0.5) is 4.39 Å². The minimum atomic E-state index is -0.427. The zero-order valence-electron chi connectivity index (χ0n) is 12.3. The van der Waals surface area contributed by atoms with Gasteiger partial charge in [0.25, 0.3) is 5.91 Å². The van der Waals surface area contributed by atoms with Crippen molar-refractivity contribution in [1.82, 2.24) is 10.2 Å². The summed E-state index contributed by atoms with van der Waals surface area (Å²) in [6.07, 6.45) is 0.207. The summed E-state index contributed by atoms with van der Waals surface area (Å²) in [5.74, 6) is -0.301. The fourth-order valence-electron chi connectivity index (χ4n) is 2.61. The lowest BCUT2D eigenvalue weighted by atomic mass is 10.0. The maximum Gasteiger partial charge on any atom is 0.252 e. The summed E-state index contributed by atoms with van der Waals surface area (Å²) in [6, 6.07) is 6.29. The molecule has 118 valence electrons. The molecule has 0 bridgehead atoms. The SMILES string of the molecule is CCC(OC)C(=O)N1CCNCC1c1cccc(F)c1.Cl. The van der Waals surface area contributed by atoms with E-state index in [1.54, 1.807) is 18.1 Å². The molecular weight excluding hydrogens is 295 g/mol. The molecular formula is C15H22ClFN2O2. The van der Waals surface area contributed by atoms with Gasteiger partial charge in [-0.25, -0.2) is 4.39 Å². The zero-order valence-corrected chi connectivity index (χ0v) is 13.2. The van der Waals surface area contributed by atoms with Crippen LogP contribution in [0.1, 0.15) is 24.9 Å². The Morgan fingerprint density at radius 1 is 1.57 bits per heavy atom. The second-order valence-corrected chi connectivity index (χ2v) is 4.94. The average molecular weight is 317 g/mol. The Bertz CT molecular complexity index is 469. The maximum absolute atomic E-state index is 13.4. The van der Waals surface area contributed by atoms with Crippen molar-refractivity contribution in [3.63, 3.8) is 0 Å². The molecule has 1 heterocycles. The van der Waals surface area contributed by atoms with Gasteiger partial charge in [0.15, 0.2) is 0 Å². The molecule has 6 heteroatoms. The number of hydrogen-bond acceptors (Lipinski definition) is 3. The van der Waals surface area contributed by atoms with Crippen LogP contribution in [0.15, 0.2) is 24.3 Å². The maximum atomic E-state index is 13.4. The summed E-state index contributed by atoms with van der Waals surface area (Å²) in [7, 11) is 1.55. The van der Waals surface area contributed by atoms with Crippen molar-refractivity contribution in [2.45, 2.75) is 25.5 Å². The number of nitrogens with zero attached hydrogens (tertiary/aromatic N) is 1. The van der Waals surface area contributed by atoms with Gasteiger partial charge in [0.1, 0.15) is 11.9 Å². The van der Waals surface area contributed by atoms with E-state index in [1.165, 1.54) is 12.1 Å². The van der Waals surface area contributed by atoms with E-state index in [1.807, 2.05) is 13.0 Å². The molecule has 1 aliphatic rings. The highest BCUT2D eigenvalue weighted by molar-refractivity contribution is 5.85. The Hall–Kier alpha value is -1.17. The van der Waals surface area contributed by atoms with E-state index in [2.05, 4.69) is 5.32 Å². The number of piperazine rings is 1. The van der Waals surface area contributed by atoms with E-state index in [4.69, 9.17) is 4.74 Å². The molecule has 4 nitrogen and oxygen atoms in total. The first-order valence-corrected chi connectivity index (χ1v) is 6.96. The molecule has 1 N–H and O–H groups in total. The van der Waals surface area contributed by atoms with Crippen LogP contribution >= 0.6 is 12.4 Å². The Labute approximate surface area is 131 Å². The molecule has 21 heavy (non-hydrogen) atoms. The molecule has 0 radical (unpaired) electrons. The summed E-state index contributed by atoms with van der Waals surface area (Å²) in [5.41, 5.74) is 0.816. The van der Waals surface area contributed by atoms with E-state index >= 15 is 0 Å². The van der Waals surface area contributed by atoms with Crippen LogP contribution in [0, 0.1) is 5.82 Å². The molecule has 0 aliphatic carbocycles. The lowest BCUT2D eigenvalue weighted by Gasteiger charge is -2.38. The predicted molar refractivity (Wildman–Crippen MR) is 82.1 cm³/mol. The number of hydrogen-bond donors (Lipinski definition) is 1. The summed E-state index contributed by atoms with van der Waals surface area (Å²) in [6.45, 7) is 3.92. The topological polar surface area (TPSA) is 41.6 Å². The number of ether oxygens (including phenoxy) is 1. The van der Waals surface area contributed by atoms with Gasteiger partial charge in [0, 0.05) is 26.7 Å². The smallest absolute Gasteiger partial charge is 0.252 e. The van der Waals surface area contributed by atoms with Crippen LogP contribution in [-0.2, 0) is 9.53 Å². The van der Waals surface area contributed by atoms with Crippen molar-refractivity contribution in [3.05, 3.63) is 35.6 Å². The molecule has 0 saturated carbocycles. The van der Waals surface area contributed by atoms with E-state index in [0.717, 1.165) is 12.1 Å². The van der Waals surface area contributed by atoms with Crippen LogP contribution in [-0.4, -0.2) is 43.7 Å². The predicted octanol–water partition coefficient (Wildman–Crippen LogP) is 2.15. The second kappa shape index (κ2) is 8.32.